The number of ether oxygens (including phenoxy) is 1. The Labute approximate surface area is 190 Å². The quantitative estimate of drug-likeness (QED) is 0.586. The minimum Gasteiger partial charge on any atom is -0.491 e. The van der Waals surface area contributed by atoms with E-state index in [1.54, 1.807) is 0 Å². The first-order chi connectivity index (χ1) is 15.1. The second kappa shape index (κ2) is 8.87. The van der Waals surface area contributed by atoms with E-state index in [1.165, 1.54) is 5.56 Å². The number of aromatic nitrogens is 2. The van der Waals surface area contributed by atoms with Crippen LogP contribution in [0.4, 0.5) is 0 Å². The zero-order valence-corrected chi connectivity index (χ0v) is 19.8. The van der Waals surface area contributed by atoms with Crippen molar-refractivity contribution >= 4 is 20.9 Å². The van der Waals surface area contributed by atoms with Crippen LogP contribution in [-0.4, -0.2) is 47.3 Å². The number of fused-ring (bicyclic) bond motifs is 1. The molecule has 0 saturated carbocycles. The van der Waals surface area contributed by atoms with Crippen molar-refractivity contribution in [2.45, 2.75) is 51.7 Å². The number of rotatable bonds is 7. The van der Waals surface area contributed by atoms with Crippen LogP contribution in [0.15, 0.2) is 48.5 Å². The lowest BCUT2D eigenvalue weighted by atomic mass is 9.87. The van der Waals surface area contributed by atoms with Gasteiger partial charge in [-0.25, -0.2) is 13.4 Å². The molecule has 1 aliphatic rings. The summed E-state index contributed by atoms with van der Waals surface area (Å²) in [5.74, 6) is 2.09. The van der Waals surface area contributed by atoms with Crippen molar-refractivity contribution in [3.05, 3.63) is 59.9 Å². The van der Waals surface area contributed by atoms with Crippen molar-refractivity contribution in [2.24, 2.45) is 5.92 Å². The molecular weight excluding hydrogens is 424 g/mol. The summed E-state index contributed by atoms with van der Waals surface area (Å²) < 4.78 is 31.6. The molecule has 0 spiro atoms. The Morgan fingerprint density at radius 1 is 1.16 bits per heavy atom. The topological polar surface area (TPSA) is 81.4 Å². The smallest absolute Gasteiger partial charge is 0.150 e. The second-order valence-corrected chi connectivity index (χ2v) is 12.1. The number of nitrogens with zero attached hydrogens (tertiary/aromatic N) is 2. The number of aliphatic hydroxyl groups is 1. The van der Waals surface area contributed by atoms with Gasteiger partial charge in [0, 0.05) is 6.42 Å². The average Bonchev–Trinajstić information content (AvgIpc) is 3.25. The molecule has 7 heteroatoms. The first-order valence-corrected chi connectivity index (χ1v) is 13.0. The van der Waals surface area contributed by atoms with Gasteiger partial charge < -0.3 is 14.4 Å². The van der Waals surface area contributed by atoms with Crippen molar-refractivity contribution in [3.63, 3.8) is 0 Å². The molecular formula is C25H32N2O4S. The molecule has 0 bridgehead atoms. The third kappa shape index (κ3) is 5.33. The lowest BCUT2D eigenvalue weighted by molar-refractivity contribution is 0.0925. The number of benzene rings is 2. The fourth-order valence-corrected chi connectivity index (χ4v) is 6.15. The van der Waals surface area contributed by atoms with Gasteiger partial charge in [-0.15, -0.1) is 0 Å². The predicted octanol–water partition coefficient (Wildman–Crippen LogP) is 3.75. The molecule has 32 heavy (non-hydrogen) atoms. The Morgan fingerprint density at radius 3 is 2.53 bits per heavy atom. The van der Waals surface area contributed by atoms with Crippen LogP contribution in [0, 0.1) is 5.92 Å². The molecule has 2 aromatic carbocycles. The largest absolute Gasteiger partial charge is 0.491 e. The molecule has 0 radical (unpaired) electrons. The summed E-state index contributed by atoms with van der Waals surface area (Å²) in [6, 6.07) is 15.8. The van der Waals surface area contributed by atoms with E-state index in [4.69, 9.17) is 9.72 Å². The van der Waals surface area contributed by atoms with E-state index in [1.807, 2.05) is 41.0 Å². The first kappa shape index (κ1) is 22.8. The molecule has 1 fully saturated rings. The maximum Gasteiger partial charge on any atom is 0.150 e. The molecule has 1 N–H and O–H groups in total. The Hall–Kier alpha value is -2.38. The average molecular weight is 457 g/mol. The van der Waals surface area contributed by atoms with Crippen LogP contribution in [0.25, 0.3) is 11.0 Å². The molecule has 3 aromatic rings. The third-order valence-corrected chi connectivity index (χ3v) is 7.92. The SMILES string of the molecule is CC(C)(C)c1ccc(OCC(O)Cn2c(CC3CCS(=O)(=O)C3)nc3ccccc32)cc1. The summed E-state index contributed by atoms with van der Waals surface area (Å²) in [7, 11) is -2.94. The van der Waals surface area contributed by atoms with Crippen LogP contribution < -0.4 is 4.74 Å². The lowest BCUT2D eigenvalue weighted by Crippen LogP contribution is -2.25. The highest BCUT2D eigenvalue weighted by molar-refractivity contribution is 7.91. The molecule has 1 aromatic heterocycles. The van der Waals surface area contributed by atoms with Crippen molar-refractivity contribution < 1.29 is 18.3 Å². The summed E-state index contributed by atoms with van der Waals surface area (Å²) in [5.41, 5.74) is 3.11. The number of sulfone groups is 1. The highest BCUT2D eigenvalue weighted by Crippen LogP contribution is 2.26. The van der Waals surface area contributed by atoms with Crippen LogP contribution in [0.1, 0.15) is 38.6 Å². The number of imidazole rings is 1. The fourth-order valence-electron chi connectivity index (χ4n) is 4.28. The van der Waals surface area contributed by atoms with Crippen molar-refractivity contribution in [1.29, 1.82) is 0 Å². The molecule has 4 rings (SSSR count). The number of para-hydroxylation sites is 2. The van der Waals surface area contributed by atoms with Crippen molar-refractivity contribution in [3.8, 4) is 5.75 Å². The van der Waals surface area contributed by atoms with Crippen LogP contribution in [0.3, 0.4) is 0 Å². The number of hydrogen-bond acceptors (Lipinski definition) is 5. The van der Waals surface area contributed by atoms with E-state index < -0.39 is 15.9 Å². The minimum atomic E-state index is -2.94. The number of hydrogen-bond donors (Lipinski definition) is 1. The highest BCUT2D eigenvalue weighted by atomic mass is 32.2. The van der Waals surface area contributed by atoms with E-state index in [0.29, 0.717) is 19.4 Å². The second-order valence-electron chi connectivity index (χ2n) is 9.84. The maximum absolute atomic E-state index is 11.9. The van der Waals surface area contributed by atoms with E-state index in [-0.39, 0.29) is 29.4 Å². The molecule has 0 aliphatic carbocycles. The summed E-state index contributed by atoms with van der Waals surface area (Å²) in [6.07, 6.45) is 0.540. The van der Waals surface area contributed by atoms with Gasteiger partial charge >= 0.3 is 0 Å². The van der Waals surface area contributed by atoms with Gasteiger partial charge in [0.25, 0.3) is 0 Å². The van der Waals surface area contributed by atoms with Gasteiger partial charge in [-0.3, -0.25) is 0 Å². The molecule has 2 atom stereocenters. The molecule has 172 valence electrons. The standard InChI is InChI=1S/C25H32N2O4S/c1-25(2,3)19-8-10-21(11-9-19)31-16-20(28)15-27-23-7-5-4-6-22(23)26-24(27)14-18-12-13-32(29,30)17-18/h4-11,18,20,28H,12-17H2,1-3H3. The van der Waals surface area contributed by atoms with Gasteiger partial charge in [0.1, 0.15) is 24.3 Å². The summed E-state index contributed by atoms with van der Waals surface area (Å²) in [4.78, 5) is 4.74. The Kier molecular flexibility index (Phi) is 6.32. The molecule has 1 saturated heterocycles. The Balaban J connectivity index is 1.45. The van der Waals surface area contributed by atoms with Crippen LogP contribution in [-0.2, 0) is 28.2 Å². The van der Waals surface area contributed by atoms with Gasteiger partial charge in [0.05, 0.1) is 29.1 Å². The van der Waals surface area contributed by atoms with E-state index in [0.717, 1.165) is 22.6 Å². The van der Waals surface area contributed by atoms with Crippen molar-refractivity contribution in [2.75, 3.05) is 18.1 Å². The molecule has 1 aliphatic heterocycles. The summed E-state index contributed by atoms with van der Waals surface area (Å²) in [6.45, 7) is 7.01. The van der Waals surface area contributed by atoms with Gasteiger partial charge in [0.15, 0.2) is 9.84 Å². The summed E-state index contributed by atoms with van der Waals surface area (Å²) in [5, 5.41) is 10.7. The van der Waals surface area contributed by atoms with Gasteiger partial charge in [-0.05, 0) is 47.6 Å². The zero-order chi connectivity index (χ0) is 22.9. The third-order valence-electron chi connectivity index (χ3n) is 6.09. The highest BCUT2D eigenvalue weighted by Gasteiger charge is 2.29. The lowest BCUT2D eigenvalue weighted by Gasteiger charge is -2.20. The Morgan fingerprint density at radius 2 is 1.88 bits per heavy atom. The Bertz CT molecular complexity index is 1180. The van der Waals surface area contributed by atoms with Crippen LogP contribution >= 0.6 is 0 Å². The number of aliphatic hydroxyl groups excluding tert-OH is 1. The molecule has 2 unspecified atom stereocenters. The molecule has 0 amide bonds. The molecule has 2 heterocycles. The molecule has 6 nitrogen and oxygen atoms in total. The van der Waals surface area contributed by atoms with Gasteiger partial charge in [-0.2, -0.15) is 0 Å². The minimum absolute atomic E-state index is 0.0743. The van der Waals surface area contributed by atoms with Crippen molar-refractivity contribution in [1.82, 2.24) is 9.55 Å². The van der Waals surface area contributed by atoms with Crippen LogP contribution in [0.5, 0.6) is 5.75 Å². The monoisotopic (exact) mass is 456 g/mol. The van der Waals surface area contributed by atoms with Crippen LogP contribution in [0.2, 0.25) is 0 Å². The first-order valence-electron chi connectivity index (χ1n) is 11.2. The van der Waals surface area contributed by atoms with Gasteiger partial charge in [-0.1, -0.05) is 45.0 Å². The zero-order valence-electron chi connectivity index (χ0n) is 19.0. The van der Waals surface area contributed by atoms with E-state index >= 15 is 0 Å². The van der Waals surface area contributed by atoms with E-state index in [9.17, 15) is 13.5 Å². The fraction of sp³-hybridized carbons (Fsp3) is 0.480. The predicted molar refractivity (Wildman–Crippen MR) is 127 cm³/mol. The van der Waals surface area contributed by atoms with E-state index in [2.05, 4.69) is 32.9 Å². The summed E-state index contributed by atoms with van der Waals surface area (Å²) >= 11 is 0. The maximum atomic E-state index is 11.9. The normalized spacial score (nSPS) is 19.3. The van der Waals surface area contributed by atoms with Gasteiger partial charge in [0.2, 0.25) is 0 Å².